The van der Waals surface area contributed by atoms with Gasteiger partial charge in [-0.25, -0.2) is 9.48 Å². The molecule has 0 saturated heterocycles. The Labute approximate surface area is 165 Å². The van der Waals surface area contributed by atoms with Crippen LogP contribution in [0.3, 0.4) is 0 Å². The summed E-state index contributed by atoms with van der Waals surface area (Å²) < 4.78 is 5.61. The molecule has 10 nitrogen and oxygen atoms in total. The molecule has 1 aliphatic carbocycles. The molecule has 0 spiro atoms. The number of H-pyrrole nitrogens is 1. The molecular formula is C19H22N4O6. The molecule has 1 saturated carbocycles. The van der Waals surface area contributed by atoms with Crippen LogP contribution in [0, 0.1) is 0 Å². The SMILES string of the molecule is O=C(COC(=O)Cn1[nH]c(=O)c2ccccc2c1=O)NC(=O)NC1CCCCC1. The highest BCUT2D eigenvalue weighted by Gasteiger charge is 2.18. The van der Waals surface area contributed by atoms with Gasteiger partial charge in [0.05, 0.1) is 10.8 Å². The molecule has 29 heavy (non-hydrogen) atoms. The molecule has 10 heteroatoms. The molecular weight excluding hydrogens is 380 g/mol. The van der Waals surface area contributed by atoms with Gasteiger partial charge in [0, 0.05) is 6.04 Å². The Morgan fingerprint density at radius 3 is 2.48 bits per heavy atom. The summed E-state index contributed by atoms with van der Waals surface area (Å²) in [6.07, 6.45) is 4.95. The third kappa shape index (κ3) is 5.31. The van der Waals surface area contributed by atoms with Gasteiger partial charge in [-0.15, -0.1) is 0 Å². The Balaban J connectivity index is 1.51. The molecule has 0 aliphatic heterocycles. The van der Waals surface area contributed by atoms with E-state index in [1.54, 1.807) is 12.1 Å². The zero-order chi connectivity index (χ0) is 20.8. The third-order valence-corrected chi connectivity index (χ3v) is 4.73. The maximum atomic E-state index is 12.3. The summed E-state index contributed by atoms with van der Waals surface area (Å²) in [5.74, 6) is -1.69. The van der Waals surface area contributed by atoms with E-state index < -0.39 is 42.2 Å². The second-order valence-corrected chi connectivity index (χ2v) is 6.90. The van der Waals surface area contributed by atoms with Gasteiger partial charge in [-0.3, -0.25) is 29.6 Å². The molecule has 1 aromatic heterocycles. The Morgan fingerprint density at radius 1 is 1.07 bits per heavy atom. The average molecular weight is 402 g/mol. The quantitative estimate of drug-likeness (QED) is 0.618. The lowest BCUT2D eigenvalue weighted by Crippen LogP contribution is -2.46. The van der Waals surface area contributed by atoms with E-state index in [4.69, 9.17) is 4.74 Å². The van der Waals surface area contributed by atoms with Crippen molar-refractivity contribution in [3.05, 3.63) is 45.0 Å². The maximum Gasteiger partial charge on any atom is 0.328 e. The summed E-state index contributed by atoms with van der Waals surface area (Å²) in [6.45, 7) is -1.25. The second-order valence-electron chi connectivity index (χ2n) is 6.90. The van der Waals surface area contributed by atoms with E-state index in [0.29, 0.717) is 0 Å². The van der Waals surface area contributed by atoms with Crippen LogP contribution < -0.4 is 21.8 Å². The number of nitrogens with one attached hydrogen (secondary N) is 3. The molecule has 1 aliphatic rings. The zero-order valence-corrected chi connectivity index (χ0v) is 15.7. The van der Waals surface area contributed by atoms with Crippen LogP contribution in [0.4, 0.5) is 4.79 Å². The number of hydrogen-bond acceptors (Lipinski definition) is 6. The van der Waals surface area contributed by atoms with E-state index in [1.165, 1.54) is 12.1 Å². The van der Waals surface area contributed by atoms with Crippen LogP contribution in [0.25, 0.3) is 10.8 Å². The van der Waals surface area contributed by atoms with Gasteiger partial charge in [0.1, 0.15) is 6.54 Å². The minimum absolute atomic E-state index is 0.0377. The minimum atomic E-state index is -0.902. The van der Waals surface area contributed by atoms with Crippen molar-refractivity contribution in [2.45, 2.75) is 44.7 Å². The summed E-state index contributed by atoms with van der Waals surface area (Å²) in [4.78, 5) is 59.9. The first-order chi connectivity index (χ1) is 13.9. The molecule has 0 unspecified atom stereocenters. The van der Waals surface area contributed by atoms with E-state index >= 15 is 0 Å². The summed E-state index contributed by atoms with van der Waals surface area (Å²) in [5.41, 5.74) is -1.08. The number of fused-ring (bicyclic) bond motifs is 1. The summed E-state index contributed by atoms with van der Waals surface area (Å²) in [6, 6.07) is 5.62. The van der Waals surface area contributed by atoms with Gasteiger partial charge in [-0.2, -0.15) is 0 Å². The van der Waals surface area contributed by atoms with E-state index in [1.807, 2.05) is 0 Å². The van der Waals surface area contributed by atoms with Crippen molar-refractivity contribution in [1.29, 1.82) is 0 Å². The molecule has 1 fully saturated rings. The number of imide groups is 1. The van der Waals surface area contributed by atoms with Gasteiger partial charge >= 0.3 is 12.0 Å². The maximum absolute atomic E-state index is 12.3. The number of aromatic nitrogens is 2. The third-order valence-electron chi connectivity index (χ3n) is 4.73. The van der Waals surface area contributed by atoms with Gasteiger partial charge in [0.2, 0.25) is 0 Å². The Kier molecular flexibility index (Phi) is 6.43. The van der Waals surface area contributed by atoms with Gasteiger partial charge in [-0.1, -0.05) is 31.4 Å². The van der Waals surface area contributed by atoms with E-state index in [0.717, 1.165) is 36.8 Å². The molecule has 3 N–H and O–H groups in total. The normalized spacial score (nSPS) is 14.3. The monoisotopic (exact) mass is 402 g/mol. The predicted octanol–water partition coefficient (Wildman–Crippen LogP) is 0.391. The first kappa shape index (κ1) is 20.3. The average Bonchev–Trinajstić information content (AvgIpc) is 2.71. The number of esters is 1. The highest BCUT2D eigenvalue weighted by Crippen LogP contribution is 2.17. The van der Waals surface area contributed by atoms with Crippen molar-refractivity contribution in [1.82, 2.24) is 20.4 Å². The highest BCUT2D eigenvalue weighted by molar-refractivity contribution is 5.95. The summed E-state index contributed by atoms with van der Waals surface area (Å²) in [5, 5.41) is 7.49. The number of ether oxygens (including phenoxy) is 1. The number of carbonyl (C=O) groups is 3. The highest BCUT2D eigenvalue weighted by atomic mass is 16.5. The fourth-order valence-electron chi connectivity index (χ4n) is 3.31. The topological polar surface area (TPSA) is 139 Å². The molecule has 3 amide bonds. The standard InChI is InChI=1S/C19H22N4O6/c24-15(21-19(28)20-12-6-2-1-3-7-12)11-29-16(25)10-23-18(27)14-9-5-4-8-13(14)17(26)22-23/h4-5,8-9,12H,1-3,6-7,10-11H2,(H,22,26)(H2,20,21,24,28). The molecule has 3 rings (SSSR count). The number of benzene rings is 1. The predicted molar refractivity (Wildman–Crippen MR) is 103 cm³/mol. The summed E-state index contributed by atoms with van der Waals surface area (Å²) in [7, 11) is 0. The molecule has 2 aromatic rings. The lowest BCUT2D eigenvalue weighted by Gasteiger charge is -2.22. The van der Waals surface area contributed by atoms with Crippen molar-refractivity contribution in [2.24, 2.45) is 0 Å². The lowest BCUT2D eigenvalue weighted by atomic mass is 9.96. The van der Waals surface area contributed by atoms with Crippen LogP contribution in [0.1, 0.15) is 32.1 Å². The Bertz CT molecular complexity index is 1030. The molecule has 1 heterocycles. The summed E-state index contributed by atoms with van der Waals surface area (Å²) >= 11 is 0. The molecule has 0 bridgehead atoms. The van der Waals surface area contributed by atoms with Crippen molar-refractivity contribution >= 4 is 28.7 Å². The van der Waals surface area contributed by atoms with Crippen molar-refractivity contribution < 1.29 is 19.1 Å². The van der Waals surface area contributed by atoms with Crippen molar-refractivity contribution in [3.8, 4) is 0 Å². The van der Waals surface area contributed by atoms with Crippen LogP contribution in [-0.2, 0) is 20.9 Å². The van der Waals surface area contributed by atoms with Gasteiger partial charge in [-0.05, 0) is 25.0 Å². The molecule has 154 valence electrons. The molecule has 0 radical (unpaired) electrons. The lowest BCUT2D eigenvalue weighted by molar-refractivity contribution is -0.149. The smallest absolute Gasteiger partial charge is 0.328 e. The van der Waals surface area contributed by atoms with Gasteiger partial charge < -0.3 is 10.1 Å². The number of urea groups is 1. The number of hydrogen-bond donors (Lipinski definition) is 3. The van der Waals surface area contributed by atoms with Crippen LogP contribution in [0.2, 0.25) is 0 Å². The van der Waals surface area contributed by atoms with Crippen LogP contribution in [0.5, 0.6) is 0 Å². The largest absolute Gasteiger partial charge is 0.454 e. The minimum Gasteiger partial charge on any atom is -0.454 e. The van der Waals surface area contributed by atoms with E-state index in [-0.39, 0.29) is 16.8 Å². The van der Waals surface area contributed by atoms with E-state index in [9.17, 15) is 24.0 Å². The van der Waals surface area contributed by atoms with E-state index in [2.05, 4.69) is 15.7 Å². The Morgan fingerprint density at radius 2 is 1.76 bits per heavy atom. The van der Waals surface area contributed by atoms with Gasteiger partial charge in [0.15, 0.2) is 6.61 Å². The second kappa shape index (κ2) is 9.18. The van der Waals surface area contributed by atoms with Crippen LogP contribution >= 0.6 is 0 Å². The van der Waals surface area contributed by atoms with Crippen LogP contribution in [-0.4, -0.2) is 40.3 Å². The number of nitrogens with zero attached hydrogens (tertiary/aromatic N) is 1. The zero-order valence-electron chi connectivity index (χ0n) is 15.7. The fraction of sp³-hybridized carbons (Fsp3) is 0.421. The first-order valence-electron chi connectivity index (χ1n) is 9.42. The first-order valence-corrected chi connectivity index (χ1v) is 9.42. The molecule has 1 aromatic carbocycles. The number of amides is 3. The van der Waals surface area contributed by atoms with Crippen molar-refractivity contribution in [2.75, 3.05) is 6.61 Å². The number of aromatic amines is 1. The fourth-order valence-corrected chi connectivity index (χ4v) is 3.31. The number of rotatable bonds is 5. The van der Waals surface area contributed by atoms with Crippen LogP contribution in [0.15, 0.2) is 33.9 Å². The Hall–Kier alpha value is -3.43. The van der Waals surface area contributed by atoms with Gasteiger partial charge in [0.25, 0.3) is 17.0 Å². The number of carbonyl (C=O) groups excluding carboxylic acids is 3. The van der Waals surface area contributed by atoms with Crippen molar-refractivity contribution in [3.63, 3.8) is 0 Å². The molecule has 0 atom stereocenters.